The fourth-order valence-electron chi connectivity index (χ4n) is 6.78. The summed E-state index contributed by atoms with van der Waals surface area (Å²) in [6, 6.07) is 6.55. The van der Waals surface area contributed by atoms with Gasteiger partial charge in [0.05, 0.1) is 40.0 Å². The molecule has 2 amide bonds. The van der Waals surface area contributed by atoms with Crippen LogP contribution in [-0.4, -0.2) is 56.1 Å². The number of alkyl halides is 3. The summed E-state index contributed by atoms with van der Waals surface area (Å²) in [7, 11) is -4.20. The lowest BCUT2D eigenvalue weighted by Crippen LogP contribution is -2.48. The van der Waals surface area contributed by atoms with E-state index in [0.717, 1.165) is 31.0 Å². The van der Waals surface area contributed by atoms with Crippen molar-refractivity contribution < 1.29 is 50.6 Å². The number of methoxy groups -OCH3 is 1. The van der Waals surface area contributed by atoms with Gasteiger partial charge in [0.25, 0.3) is 15.7 Å². The molecule has 0 aliphatic heterocycles. The second kappa shape index (κ2) is 12.8. The molecule has 0 spiro atoms. The number of nitrogens with one attached hydrogen (secondary N) is 2. The number of rotatable bonds is 9. The van der Waals surface area contributed by atoms with Crippen molar-refractivity contribution in [3.63, 3.8) is 0 Å². The van der Waals surface area contributed by atoms with E-state index in [1.54, 1.807) is 6.07 Å². The van der Waals surface area contributed by atoms with E-state index in [-0.39, 0.29) is 34.9 Å². The first-order valence-electron chi connectivity index (χ1n) is 14.5. The third-order valence-electron chi connectivity index (χ3n) is 9.05. The third kappa shape index (κ3) is 6.79. The summed E-state index contributed by atoms with van der Waals surface area (Å²) in [6.45, 7) is 0. The van der Waals surface area contributed by atoms with Gasteiger partial charge < -0.3 is 25.2 Å². The number of benzene rings is 2. The third-order valence-corrected chi connectivity index (χ3v) is 11.2. The molecule has 5 rings (SSSR count). The van der Waals surface area contributed by atoms with Gasteiger partial charge in [0.2, 0.25) is 5.91 Å². The molecule has 3 saturated carbocycles. The van der Waals surface area contributed by atoms with Crippen LogP contribution in [0.2, 0.25) is 0 Å². The first kappa shape index (κ1) is 33.0. The minimum Gasteiger partial charge on any atom is -0.496 e. The van der Waals surface area contributed by atoms with Crippen molar-refractivity contribution >= 4 is 49.2 Å². The van der Waals surface area contributed by atoms with E-state index >= 15 is 0 Å². The lowest BCUT2D eigenvalue weighted by atomic mass is 9.83. The Bertz CT molecular complexity index is 1590. The van der Waals surface area contributed by atoms with E-state index in [2.05, 4.69) is 26.6 Å². The highest BCUT2D eigenvalue weighted by Crippen LogP contribution is 2.49. The van der Waals surface area contributed by atoms with Crippen molar-refractivity contribution in [3.8, 4) is 11.5 Å². The Kier molecular flexibility index (Phi) is 9.41. The van der Waals surface area contributed by atoms with E-state index in [4.69, 9.17) is 9.47 Å². The van der Waals surface area contributed by atoms with Crippen molar-refractivity contribution in [1.82, 2.24) is 5.32 Å². The molecule has 45 heavy (non-hydrogen) atoms. The summed E-state index contributed by atoms with van der Waals surface area (Å²) < 4.78 is 75.1. The van der Waals surface area contributed by atoms with E-state index in [0.29, 0.717) is 42.3 Å². The number of carboxylic acid groups (broad SMARTS) is 1. The lowest BCUT2D eigenvalue weighted by molar-refractivity contribution is -0.143. The van der Waals surface area contributed by atoms with Crippen molar-refractivity contribution in [1.29, 1.82) is 0 Å². The summed E-state index contributed by atoms with van der Waals surface area (Å²) >= 11 is 3.45. The van der Waals surface area contributed by atoms with Crippen LogP contribution in [0.15, 0.2) is 45.8 Å². The molecule has 2 aromatic rings. The van der Waals surface area contributed by atoms with Crippen molar-refractivity contribution in [3.05, 3.63) is 46.4 Å². The van der Waals surface area contributed by atoms with Gasteiger partial charge in [-0.1, -0.05) is 6.07 Å². The van der Waals surface area contributed by atoms with Gasteiger partial charge in [-0.05, 0) is 103 Å². The molecule has 0 unspecified atom stereocenters. The van der Waals surface area contributed by atoms with E-state index in [1.807, 2.05) is 0 Å². The Hall–Kier alpha value is -3.33. The maximum absolute atomic E-state index is 13.7. The Labute approximate surface area is 266 Å². The molecule has 244 valence electrons. The first-order chi connectivity index (χ1) is 21.2. The van der Waals surface area contributed by atoms with Crippen LogP contribution >= 0.6 is 15.9 Å². The number of sulfone groups is 1. The van der Waals surface area contributed by atoms with Gasteiger partial charge in [-0.25, -0.2) is 8.42 Å². The number of amides is 2. The summed E-state index contributed by atoms with van der Waals surface area (Å²) in [4.78, 5) is 37.5. The van der Waals surface area contributed by atoms with Crippen LogP contribution in [0.3, 0.4) is 0 Å². The van der Waals surface area contributed by atoms with Crippen LogP contribution in [0.4, 0.5) is 18.9 Å². The maximum Gasteiger partial charge on any atom is 0.501 e. The Morgan fingerprint density at radius 2 is 1.67 bits per heavy atom. The topological polar surface area (TPSA) is 148 Å². The molecule has 3 N–H and O–H groups in total. The predicted octanol–water partition coefficient (Wildman–Crippen LogP) is 5.56. The average Bonchev–Trinajstić information content (AvgIpc) is 3.60. The molecule has 3 aliphatic carbocycles. The molecular weight excluding hydrogens is 685 g/mol. The van der Waals surface area contributed by atoms with E-state index in [9.17, 15) is 41.1 Å². The molecular formula is C30H32BrF3N2O8S. The summed E-state index contributed by atoms with van der Waals surface area (Å²) in [5, 5.41) is 14.8. The molecule has 10 nitrogen and oxygen atoms in total. The largest absolute Gasteiger partial charge is 0.501 e. The number of aliphatic carboxylic acids is 1. The number of carboxylic acids is 1. The Balaban J connectivity index is 1.32. The molecule has 2 bridgehead atoms. The molecule has 15 heteroatoms. The van der Waals surface area contributed by atoms with Crippen LogP contribution in [0.1, 0.15) is 55.3 Å². The van der Waals surface area contributed by atoms with Gasteiger partial charge in [0.15, 0.2) is 0 Å². The van der Waals surface area contributed by atoms with Gasteiger partial charge in [0.1, 0.15) is 11.5 Å². The van der Waals surface area contributed by atoms with Crippen LogP contribution in [0, 0.1) is 23.7 Å². The lowest BCUT2D eigenvalue weighted by Gasteiger charge is -2.31. The summed E-state index contributed by atoms with van der Waals surface area (Å²) in [6.07, 6.45) is 4.02. The monoisotopic (exact) mass is 716 g/mol. The quantitative estimate of drug-likeness (QED) is 0.306. The molecule has 0 saturated heterocycles. The minimum atomic E-state index is -5.61. The number of carbonyl (C=O) groups excluding carboxylic acids is 2. The summed E-state index contributed by atoms with van der Waals surface area (Å²) in [5.74, 6) is -2.41. The fourth-order valence-corrected chi connectivity index (χ4v) is 8.01. The number of hydrogen-bond acceptors (Lipinski definition) is 7. The van der Waals surface area contributed by atoms with Gasteiger partial charge in [0, 0.05) is 11.7 Å². The second-order valence-electron chi connectivity index (χ2n) is 11.7. The highest BCUT2D eigenvalue weighted by atomic mass is 79.9. The first-order valence-corrected chi connectivity index (χ1v) is 16.8. The normalized spacial score (nSPS) is 26.2. The molecule has 0 aromatic heterocycles. The number of hydrogen-bond donors (Lipinski definition) is 3. The van der Waals surface area contributed by atoms with Crippen molar-refractivity contribution in [2.45, 2.75) is 67.5 Å². The molecule has 0 heterocycles. The summed E-state index contributed by atoms with van der Waals surface area (Å²) in [5.41, 5.74) is -5.43. The van der Waals surface area contributed by atoms with Crippen LogP contribution in [0.5, 0.6) is 11.5 Å². The Morgan fingerprint density at radius 1 is 0.978 bits per heavy atom. The smallest absolute Gasteiger partial charge is 0.496 e. The number of anilines is 1. The zero-order valence-corrected chi connectivity index (χ0v) is 26.5. The minimum absolute atomic E-state index is 0.00627. The highest BCUT2D eigenvalue weighted by Gasteiger charge is 2.52. The second-order valence-corrected chi connectivity index (χ2v) is 14.5. The molecule has 3 aliphatic rings. The number of fused-ring (bicyclic) bond motifs is 2. The maximum atomic E-state index is 13.7. The Morgan fingerprint density at radius 3 is 2.31 bits per heavy atom. The average molecular weight is 718 g/mol. The van der Waals surface area contributed by atoms with Crippen molar-refractivity contribution in [2.24, 2.45) is 23.7 Å². The van der Waals surface area contributed by atoms with Crippen LogP contribution in [-0.2, 0) is 19.4 Å². The number of ether oxygens (including phenoxy) is 2. The van der Waals surface area contributed by atoms with Crippen LogP contribution in [0.25, 0.3) is 0 Å². The van der Waals surface area contributed by atoms with Crippen molar-refractivity contribution in [2.75, 3.05) is 12.4 Å². The van der Waals surface area contributed by atoms with E-state index in [1.165, 1.54) is 19.2 Å². The predicted molar refractivity (Wildman–Crippen MR) is 159 cm³/mol. The zero-order chi connectivity index (χ0) is 32.7. The fraction of sp³-hybridized carbons (Fsp3) is 0.500. The number of halogens is 4. The highest BCUT2D eigenvalue weighted by molar-refractivity contribution is 9.10. The molecule has 0 radical (unpaired) electrons. The molecule has 2 aromatic carbocycles. The van der Waals surface area contributed by atoms with Gasteiger partial charge in [-0.3, -0.25) is 14.4 Å². The van der Waals surface area contributed by atoms with Gasteiger partial charge >= 0.3 is 11.5 Å². The standard InChI is InChI=1S/C30H32BrF3N2O8S/c1-43-23-14-22(31)24(44-19-9-7-15(8-10-19)29(39)40)13-21(23)27(37)36-26-17-6-5-16(11-17)25(26)28(38)35-18-3-2-4-20(12-18)45(41,42)30(32,33)34/h2-4,12-17,19,25-26H,5-11H2,1H3,(H,35,38)(H,36,37)(H,39,40)/t15?,16-,17+,19?,25+,26-/m1/s1. The van der Waals surface area contributed by atoms with Crippen LogP contribution < -0.4 is 20.1 Å². The molecule has 4 atom stereocenters. The zero-order valence-electron chi connectivity index (χ0n) is 24.1. The van der Waals surface area contributed by atoms with E-state index < -0.39 is 55.9 Å². The van der Waals surface area contributed by atoms with Gasteiger partial charge in [-0.15, -0.1) is 0 Å². The van der Waals surface area contributed by atoms with Gasteiger partial charge in [-0.2, -0.15) is 13.2 Å². The SMILES string of the molecule is COc1cc(Br)c(OC2CCC(C(=O)O)CC2)cc1C(=O)N[C@@H]1[C@H]2CC[C@H](C2)[C@@H]1C(=O)Nc1cccc(S(=O)(=O)C(F)(F)F)c1. The molecule has 3 fully saturated rings. The number of carbonyl (C=O) groups is 3.